The molecule has 2 N–H and O–H groups in total. The van der Waals surface area contributed by atoms with Gasteiger partial charge in [-0.1, -0.05) is 12.5 Å². The van der Waals surface area contributed by atoms with Gasteiger partial charge in [-0.2, -0.15) is 13.2 Å². The van der Waals surface area contributed by atoms with Gasteiger partial charge in [0.2, 0.25) is 0 Å². The standard InChI is InChI=1S/C15H16F3NO3/c16-15(17,18)11-5-2-6-12(8-11)19-13(20)9-3-1-4-10(7-9)14(21)22/h1,3-4,7,11-12H,2,5-6,8H2,(H,19,20)(H,21,22)/t11-,12-/m1/s1. The molecule has 2 rings (SSSR count). The number of rotatable bonds is 3. The van der Waals surface area contributed by atoms with Crippen LogP contribution in [-0.4, -0.2) is 29.2 Å². The van der Waals surface area contributed by atoms with Gasteiger partial charge < -0.3 is 10.4 Å². The van der Waals surface area contributed by atoms with E-state index in [4.69, 9.17) is 5.11 Å². The van der Waals surface area contributed by atoms with E-state index >= 15 is 0 Å². The normalized spacial score (nSPS) is 22.1. The van der Waals surface area contributed by atoms with E-state index in [0.717, 1.165) is 0 Å². The number of nitrogens with one attached hydrogen (secondary N) is 1. The Kier molecular flexibility index (Phi) is 4.73. The molecule has 0 heterocycles. The van der Waals surface area contributed by atoms with E-state index in [9.17, 15) is 22.8 Å². The lowest BCUT2D eigenvalue weighted by molar-refractivity contribution is -0.183. The zero-order valence-electron chi connectivity index (χ0n) is 11.7. The Hall–Kier alpha value is -2.05. The predicted molar refractivity (Wildman–Crippen MR) is 72.7 cm³/mol. The molecule has 7 heteroatoms. The summed E-state index contributed by atoms with van der Waals surface area (Å²) < 4.78 is 38.2. The van der Waals surface area contributed by atoms with E-state index in [1.165, 1.54) is 24.3 Å². The number of hydrogen-bond acceptors (Lipinski definition) is 2. The maximum Gasteiger partial charge on any atom is 0.391 e. The molecule has 0 radical (unpaired) electrons. The second-order valence-corrected chi connectivity index (χ2v) is 5.46. The van der Waals surface area contributed by atoms with Gasteiger partial charge in [-0.25, -0.2) is 4.79 Å². The molecule has 0 unspecified atom stereocenters. The topological polar surface area (TPSA) is 66.4 Å². The summed E-state index contributed by atoms with van der Waals surface area (Å²) in [4.78, 5) is 22.9. The van der Waals surface area contributed by atoms with Gasteiger partial charge in [-0.05, 0) is 37.5 Å². The molecule has 0 saturated heterocycles. The van der Waals surface area contributed by atoms with Crippen LogP contribution in [-0.2, 0) is 0 Å². The molecular formula is C15H16F3NO3. The van der Waals surface area contributed by atoms with Crippen LogP contribution in [0.25, 0.3) is 0 Å². The number of carbonyl (C=O) groups excluding carboxylic acids is 1. The van der Waals surface area contributed by atoms with Crippen molar-refractivity contribution in [3.05, 3.63) is 35.4 Å². The molecule has 1 aromatic rings. The molecule has 0 bridgehead atoms. The lowest BCUT2D eigenvalue weighted by Crippen LogP contribution is -2.41. The summed E-state index contributed by atoms with van der Waals surface area (Å²) in [6.07, 6.45) is -3.38. The molecule has 1 aliphatic carbocycles. The van der Waals surface area contributed by atoms with Crippen molar-refractivity contribution >= 4 is 11.9 Å². The number of hydrogen-bond donors (Lipinski definition) is 2. The summed E-state index contributed by atoms with van der Waals surface area (Å²) in [6.45, 7) is 0. The molecule has 0 aliphatic heterocycles. The highest BCUT2D eigenvalue weighted by molar-refractivity contribution is 5.97. The summed E-state index contributed by atoms with van der Waals surface area (Å²) in [6, 6.07) is 4.88. The molecule has 4 nitrogen and oxygen atoms in total. The molecule has 1 aliphatic rings. The van der Waals surface area contributed by atoms with E-state index in [2.05, 4.69) is 5.32 Å². The number of benzene rings is 1. The Morgan fingerprint density at radius 1 is 1.18 bits per heavy atom. The van der Waals surface area contributed by atoms with Crippen LogP contribution >= 0.6 is 0 Å². The number of amides is 1. The molecule has 1 saturated carbocycles. The average molecular weight is 315 g/mol. The third kappa shape index (κ3) is 3.99. The SMILES string of the molecule is O=C(O)c1cccc(C(=O)N[C@@H]2CCC[C@@H](C(F)(F)F)C2)c1. The Morgan fingerprint density at radius 3 is 2.50 bits per heavy atom. The third-order valence-corrected chi connectivity index (χ3v) is 3.84. The van der Waals surface area contributed by atoms with Gasteiger partial charge in [0.25, 0.3) is 5.91 Å². The van der Waals surface area contributed by atoms with Gasteiger partial charge in [0.05, 0.1) is 11.5 Å². The maximum atomic E-state index is 12.7. The van der Waals surface area contributed by atoms with E-state index in [1.54, 1.807) is 0 Å². The minimum atomic E-state index is -4.24. The fourth-order valence-corrected chi connectivity index (χ4v) is 2.68. The van der Waals surface area contributed by atoms with Crippen molar-refractivity contribution in [2.75, 3.05) is 0 Å². The van der Waals surface area contributed by atoms with Crippen molar-refractivity contribution in [1.29, 1.82) is 0 Å². The van der Waals surface area contributed by atoms with Crippen LogP contribution in [0.15, 0.2) is 24.3 Å². The number of aromatic carboxylic acids is 1. The third-order valence-electron chi connectivity index (χ3n) is 3.84. The van der Waals surface area contributed by atoms with Crippen molar-refractivity contribution < 1.29 is 27.9 Å². The Labute approximate surface area is 125 Å². The second kappa shape index (κ2) is 6.37. The van der Waals surface area contributed by atoms with Crippen LogP contribution in [0.4, 0.5) is 13.2 Å². The van der Waals surface area contributed by atoms with Crippen LogP contribution in [0.3, 0.4) is 0 Å². The molecule has 1 fully saturated rings. The van der Waals surface area contributed by atoms with Crippen molar-refractivity contribution in [2.45, 2.75) is 37.9 Å². The first-order chi connectivity index (χ1) is 10.3. The van der Waals surface area contributed by atoms with Crippen molar-refractivity contribution in [3.63, 3.8) is 0 Å². The zero-order chi connectivity index (χ0) is 16.3. The Morgan fingerprint density at radius 2 is 1.86 bits per heavy atom. The summed E-state index contributed by atoms with van der Waals surface area (Å²) in [5.41, 5.74) is 0.0958. The fourth-order valence-electron chi connectivity index (χ4n) is 2.68. The van der Waals surface area contributed by atoms with Gasteiger partial charge in [0, 0.05) is 11.6 Å². The summed E-state index contributed by atoms with van der Waals surface area (Å²) >= 11 is 0. The largest absolute Gasteiger partial charge is 0.478 e. The lowest BCUT2D eigenvalue weighted by atomic mass is 9.85. The van der Waals surface area contributed by atoms with E-state index in [1.807, 2.05) is 0 Å². The minimum Gasteiger partial charge on any atom is -0.478 e. The van der Waals surface area contributed by atoms with Gasteiger partial charge >= 0.3 is 12.1 Å². The molecule has 22 heavy (non-hydrogen) atoms. The lowest BCUT2D eigenvalue weighted by Gasteiger charge is -2.31. The fraction of sp³-hybridized carbons (Fsp3) is 0.467. The molecule has 0 spiro atoms. The highest BCUT2D eigenvalue weighted by Crippen LogP contribution is 2.37. The molecule has 1 aromatic carbocycles. The van der Waals surface area contributed by atoms with Crippen LogP contribution < -0.4 is 5.32 Å². The monoisotopic (exact) mass is 315 g/mol. The van der Waals surface area contributed by atoms with Crippen LogP contribution in [0.1, 0.15) is 46.4 Å². The minimum absolute atomic E-state index is 0.0375. The molecule has 0 aromatic heterocycles. The highest BCUT2D eigenvalue weighted by atomic mass is 19.4. The number of carboxylic acid groups (broad SMARTS) is 1. The molecular weight excluding hydrogens is 299 g/mol. The average Bonchev–Trinajstić information content (AvgIpc) is 2.46. The highest BCUT2D eigenvalue weighted by Gasteiger charge is 2.42. The first kappa shape index (κ1) is 16.3. The van der Waals surface area contributed by atoms with Crippen molar-refractivity contribution in [1.82, 2.24) is 5.32 Å². The number of alkyl halides is 3. The quantitative estimate of drug-likeness (QED) is 0.900. The summed E-state index contributed by atoms with van der Waals surface area (Å²) in [5.74, 6) is -3.10. The van der Waals surface area contributed by atoms with Gasteiger partial charge in [-0.3, -0.25) is 4.79 Å². The zero-order valence-corrected chi connectivity index (χ0v) is 11.7. The van der Waals surface area contributed by atoms with E-state index < -0.39 is 30.0 Å². The van der Waals surface area contributed by atoms with E-state index in [-0.39, 0.29) is 24.0 Å². The first-order valence-corrected chi connectivity index (χ1v) is 6.98. The Balaban J connectivity index is 2.02. The Bertz CT molecular complexity index is 571. The summed E-state index contributed by atoms with van der Waals surface area (Å²) in [7, 11) is 0. The summed E-state index contributed by atoms with van der Waals surface area (Å²) in [5, 5.41) is 11.5. The molecule has 2 atom stereocenters. The second-order valence-electron chi connectivity index (χ2n) is 5.46. The molecule has 120 valence electrons. The predicted octanol–water partition coefficient (Wildman–Crippen LogP) is 3.24. The number of carboxylic acids is 1. The molecule has 1 amide bonds. The van der Waals surface area contributed by atoms with E-state index in [0.29, 0.717) is 12.8 Å². The van der Waals surface area contributed by atoms with Crippen molar-refractivity contribution in [2.24, 2.45) is 5.92 Å². The van der Waals surface area contributed by atoms with Crippen LogP contribution in [0.2, 0.25) is 0 Å². The smallest absolute Gasteiger partial charge is 0.391 e. The van der Waals surface area contributed by atoms with Crippen molar-refractivity contribution in [3.8, 4) is 0 Å². The number of halogens is 3. The van der Waals surface area contributed by atoms with Crippen LogP contribution in [0, 0.1) is 5.92 Å². The number of carbonyl (C=O) groups is 2. The van der Waals surface area contributed by atoms with Gasteiger partial charge in [-0.15, -0.1) is 0 Å². The van der Waals surface area contributed by atoms with Gasteiger partial charge in [0.15, 0.2) is 0 Å². The van der Waals surface area contributed by atoms with Gasteiger partial charge in [0.1, 0.15) is 0 Å². The maximum absolute atomic E-state index is 12.7. The van der Waals surface area contributed by atoms with Crippen LogP contribution in [0.5, 0.6) is 0 Å². The first-order valence-electron chi connectivity index (χ1n) is 6.98.